The summed E-state index contributed by atoms with van der Waals surface area (Å²) in [6, 6.07) is 1.99. The second-order valence-electron chi connectivity index (χ2n) is 2.97. The Bertz CT molecular complexity index is 516. The zero-order valence-corrected chi connectivity index (χ0v) is 7.30. The molecule has 6 heteroatoms. The Labute approximate surface area is 81.9 Å². The molecule has 3 nitrogen and oxygen atoms in total. The lowest BCUT2D eigenvalue weighted by Gasteiger charge is -2.08. The fourth-order valence-corrected chi connectivity index (χ4v) is 1.34. The van der Waals surface area contributed by atoms with Crippen LogP contribution in [0.1, 0.15) is 15.9 Å². The summed E-state index contributed by atoms with van der Waals surface area (Å²) in [6.45, 7) is 0. The van der Waals surface area contributed by atoms with Crippen LogP contribution in [0, 0.1) is 0 Å². The van der Waals surface area contributed by atoms with Gasteiger partial charge in [-0.05, 0) is 12.1 Å². The van der Waals surface area contributed by atoms with Crippen molar-refractivity contribution in [1.82, 2.24) is 9.97 Å². The number of nitrogens with zero attached hydrogens (tertiary/aromatic N) is 1. The lowest BCUT2D eigenvalue weighted by Crippen LogP contribution is -2.08. The van der Waals surface area contributed by atoms with Gasteiger partial charge in [-0.1, -0.05) is 0 Å². The summed E-state index contributed by atoms with van der Waals surface area (Å²) < 4.78 is 37.4. The molecule has 0 aliphatic heterocycles. The van der Waals surface area contributed by atoms with Crippen LogP contribution in [0.5, 0.6) is 0 Å². The molecule has 0 spiro atoms. The summed E-state index contributed by atoms with van der Waals surface area (Å²) in [5.74, 6) is 0. The van der Waals surface area contributed by atoms with Crippen LogP contribution in [0.25, 0.3) is 11.0 Å². The highest BCUT2D eigenvalue weighted by molar-refractivity contribution is 5.87. The standard InChI is InChI=1S/C9H5F3N2O/c10-9(11,12)6-2-8-7(13-4-14-8)1-5(6)3-15/h1-4H,(H,13,14). The summed E-state index contributed by atoms with van der Waals surface area (Å²) in [7, 11) is 0. The third-order valence-electron chi connectivity index (χ3n) is 2.02. The Morgan fingerprint density at radius 3 is 2.67 bits per heavy atom. The molecule has 0 aliphatic rings. The van der Waals surface area contributed by atoms with Crippen LogP contribution in [0.15, 0.2) is 18.5 Å². The van der Waals surface area contributed by atoms with E-state index < -0.39 is 17.3 Å². The van der Waals surface area contributed by atoms with E-state index in [2.05, 4.69) is 9.97 Å². The Balaban J connectivity index is 2.75. The second-order valence-corrected chi connectivity index (χ2v) is 2.97. The van der Waals surface area contributed by atoms with Gasteiger partial charge in [-0.15, -0.1) is 0 Å². The molecule has 1 aromatic heterocycles. The van der Waals surface area contributed by atoms with Gasteiger partial charge in [0.2, 0.25) is 0 Å². The molecule has 2 rings (SSSR count). The van der Waals surface area contributed by atoms with Gasteiger partial charge in [-0.2, -0.15) is 13.2 Å². The number of halogens is 3. The molecule has 0 saturated heterocycles. The summed E-state index contributed by atoms with van der Waals surface area (Å²) in [6.07, 6.45) is -3.08. The molecule has 0 radical (unpaired) electrons. The topological polar surface area (TPSA) is 45.8 Å². The van der Waals surface area contributed by atoms with Gasteiger partial charge in [-0.25, -0.2) is 4.98 Å². The summed E-state index contributed by atoms with van der Waals surface area (Å²) in [4.78, 5) is 16.8. The van der Waals surface area contributed by atoms with Gasteiger partial charge < -0.3 is 4.98 Å². The lowest BCUT2D eigenvalue weighted by molar-refractivity contribution is -0.137. The number of carbonyl (C=O) groups is 1. The largest absolute Gasteiger partial charge is 0.417 e. The van der Waals surface area contributed by atoms with E-state index in [9.17, 15) is 18.0 Å². The zero-order chi connectivity index (χ0) is 11.1. The normalized spacial score (nSPS) is 11.9. The van der Waals surface area contributed by atoms with Gasteiger partial charge in [0.05, 0.1) is 22.9 Å². The molecule has 78 valence electrons. The van der Waals surface area contributed by atoms with Gasteiger partial charge >= 0.3 is 6.18 Å². The Hall–Kier alpha value is -1.85. The number of benzene rings is 1. The molecule has 0 amide bonds. The Kier molecular flexibility index (Phi) is 1.99. The number of aldehydes is 1. The van der Waals surface area contributed by atoms with Crippen molar-refractivity contribution < 1.29 is 18.0 Å². The molecule has 15 heavy (non-hydrogen) atoms. The van der Waals surface area contributed by atoms with Crippen molar-refractivity contribution in [2.45, 2.75) is 6.18 Å². The van der Waals surface area contributed by atoms with E-state index in [1.54, 1.807) is 0 Å². The van der Waals surface area contributed by atoms with Crippen molar-refractivity contribution in [3.05, 3.63) is 29.6 Å². The SMILES string of the molecule is O=Cc1cc2nc[nH]c2cc1C(F)(F)F. The maximum Gasteiger partial charge on any atom is 0.417 e. The minimum absolute atomic E-state index is 0.178. The molecule has 1 N–H and O–H groups in total. The molecule has 2 aromatic rings. The minimum Gasteiger partial charge on any atom is -0.345 e. The van der Waals surface area contributed by atoms with E-state index in [0.717, 1.165) is 12.1 Å². The van der Waals surface area contributed by atoms with Crippen molar-refractivity contribution in [1.29, 1.82) is 0 Å². The third kappa shape index (κ3) is 1.58. The number of aromatic nitrogens is 2. The van der Waals surface area contributed by atoms with Crippen LogP contribution < -0.4 is 0 Å². The molecule has 0 bridgehead atoms. The first-order chi connectivity index (χ1) is 7.02. The van der Waals surface area contributed by atoms with Gasteiger partial charge in [0, 0.05) is 5.56 Å². The van der Waals surface area contributed by atoms with Gasteiger partial charge in [0.15, 0.2) is 6.29 Å². The van der Waals surface area contributed by atoms with Crippen molar-refractivity contribution in [2.24, 2.45) is 0 Å². The number of rotatable bonds is 1. The number of aromatic amines is 1. The van der Waals surface area contributed by atoms with Crippen molar-refractivity contribution >= 4 is 17.3 Å². The second kappa shape index (κ2) is 3.08. The van der Waals surface area contributed by atoms with Gasteiger partial charge in [-0.3, -0.25) is 4.79 Å². The van der Waals surface area contributed by atoms with E-state index in [1.165, 1.54) is 6.33 Å². The molecule has 0 fully saturated rings. The number of hydrogen-bond donors (Lipinski definition) is 1. The average molecular weight is 214 g/mol. The van der Waals surface area contributed by atoms with Crippen LogP contribution in [0.4, 0.5) is 13.2 Å². The number of H-pyrrole nitrogens is 1. The summed E-state index contributed by atoms with van der Waals surface area (Å²) >= 11 is 0. The number of hydrogen-bond acceptors (Lipinski definition) is 2. The zero-order valence-electron chi connectivity index (χ0n) is 7.30. The van der Waals surface area contributed by atoms with E-state index in [0.29, 0.717) is 5.52 Å². The number of alkyl halides is 3. The van der Waals surface area contributed by atoms with E-state index >= 15 is 0 Å². The molecule has 0 saturated carbocycles. The highest BCUT2D eigenvalue weighted by Gasteiger charge is 2.33. The van der Waals surface area contributed by atoms with Crippen LogP contribution in [0.3, 0.4) is 0 Å². The Morgan fingerprint density at radius 2 is 2.07 bits per heavy atom. The molecule has 0 unspecified atom stereocenters. The molecule has 1 heterocycles. The maximum absolute atomic E-state index is 12.5. The monoisotopic (exact) mass is 214 g/mol. The molecular weight excluding hydrogens is 209 g/mol. The van der Waals surface area contributed by atoms with Crippen LogP contribution in [-0.4, -0.2) is 16.3 Å². The minimum atomic E-state index is -4.53. The number of imidazole rings is 1. The molecule has 0 aliphatic carbocycles. The van der Waals surface area contributed by atoms with Crippen molar-refractivity contribution in [2.75, 3.05) is 0 Å². The number of carbonyl (C=O) groups excluding carboxylic acids is 1. The predicted octanol–water partition coefficient (Wildman–Crippen LogP) is 2.39. The molecule has 1 aromatic carbocycles. The van der Waals surface area contributed by atoms with Crippen molar-refractivity contribution in [3.63, 3.8) is 0 Å². The fourth-order valence-electron chi connectivity index (χ4n) is 1.34. The first-order valence-electron chi connectivity index (χ1n) is 4.02. The number of fused-ring (bicyclic) bond motifs is 1. The summed E-state index contributed by atoms with van der Waals surface area (Å²) in [5.41, 5.74) is -0.755. The maximum atomic E-state index is 12.5. The van der Waals surface area contributed by atoms with Crippen LogP contribution >= 0.6 is 0 Å². The fraction of sp³-hybridized carbons (Fsp3) is 0.111. The van der Waals surface area contributed by atoms with Gasteiger partial charge in [0.1, 0.15) is 0 Å². The average Bonchev–Trinajstić information content (AvgIpc) is 2.60. The highest BCUT2D eigenvalue weighted by Crippen LogP contribution is 2.33. The van der Waals surface area contributed by atoms with Crippen LogP contribution in [0.2, 0.25) is 0 Å². The Morgan fingerprint density at radius 1 is 1.33 bits per heavy atom. The highest BCUT2D eigenvalue weighted by atomic mass is 19.4. The smallest absolute Gasteiger partial charge is 0.345 e. The first-order valence-corrected chi connectivity index (χ1v) is 4.02. The summed E-state index contributed by atoms with van der Waals surface area (Å²) in [5, 5.41) is 0. The predicted molar refractivity (Wildman–Crippen MR) is 46.5 cm³/mol. The quantitative estimate of drug-likeness (QED) is 0.741. The molecule has 0 atom stereocenters. The van der Waals surface area contributed by atoms with Crippen LogP contribution in [-0.2, 0) is 6.18 Å². The van der Waals surface area contributed by atoms with Gasteiger partial charge in [0.25, 0.3) is 0 Å². The van der Waals surface area contributed by atoms with E-state index in [1.807, 2.05) is 0 Å². The third-order valence-corrected chi connectivity index (χ3v) is 2.02. The molecular formula is C9H5F3N2O. The van der Waals surface area contributed by atoms with E-state index in [-0.39, 0.29) is 11.8 Å². The number of nitrogens with one attached hydrogen (secondary N) is 1. The first kappa shape index (κ1) is 9.70. The van der Waals surface area contributed by atoms with E-state index in [4.69, 9.17) is 0 Å². The van der Waals surface area contributed by atoms with Crippen molar-refractivity contribution in [3.8, 4) is 0 Å². The lowest BCUT2D eigenvalue weighted by atomic mass is 10.1.